The first kappa shape index (κ1) is 9.40. The standard InChI is InChI=1S/C13H9.Cr/c1-3-7-12-10(5-1)9-11-6-2-4-8-13(11)12;/h1-9H;/q-1;. The van der Waals surface area contributed by atoms with Gasteiger partial charge in [-0.15, -0.1) is 39.7 Å². The van der Waals surface area contributed by atoms with E-state index in [1.807, 2.05) is 0 Å². The van der Waals surface area contributed by atoms with Crippen LogP contribution in [0.25, 0.3) is 21.5 Å². The molecule has 0 radical (unpaired) electrons. The smallest absolute Gasteiger partial charge is 0 e. The summed E-state index contributed by atoms with van der Waals surface area (Å²) in [7, 11) is 0. The number of fused-ring (bicyclic) bond motifs is 3. The molecular formula is C13H9Cr-. The average Bonchev–Trinajstić information content (AvgIpc) is 2.56. The molecule has 14 heavy (non-hydrogen) atoms. The molecule has 0 aliphatic heterocycles. The van der Waals surface area contributed by atoms with Crippen molar-refractivity contribution in [2.75, 3.05) is 0 Å². The second-order valence-corrected chi connectivity index (χ2v) is 3.32. The van der Waals surface area contributed by atoms with Gasteiger partial charge in [0.05, 0.1) is 0 Å². The first-order chi connectivity index (χ1) is 6.45. The molecule has 0 saturated heterocycles. The molecule has 1 heteroatoms. The van der Waals surface area contributed by atoms with Gasteiger partial charge in [0.1, 0.15) is 0 Å². The minimum atomic E-state index is 0. The summed E-state index contributed by atoms with van der Waals surface area (Å²) in [6.07, 6.45) is 0. The largest absolute Gasteiger partial charge is 0.126 e. The molecule has 3 rings (SSSR count). The minimum Gasteiger partial charge on any atom is -0.126 e. The summed E-state index contributed by atoms with van der Waals surface area (Å²) in [6.45, 7) is 0. The Morgan fingerprint density at radius 3 is 1.57 bits per heavy atom. The van der Waals surface area contributed by atoms with E-state index in [9.17, 15) is 0 Å². The minimum absolute atomic E-state index is 0. The Labute approximate surface area is 93.7 Å². The molecule has 0 fully saturated rings. The van der Waals surface area contributed by atoms with Gasteiger partial charge in [-0.25, -0.2) is 0 Å². The SMILES string of the molecule is [Cr].c1ccc2c(c1)[cH-]c1ccccc12. The number of rotatable bonds is 0. The van der Waals surface area contributed by atoms with Gasteiger partial charge in [-0.1, -0.05) is 36.4 Å². The maximum Gasteiger partial charge on any atom is 0 e. The zero-order valence-electron chi connectivity index (χ0n) is 7.60. The Kier molecular flexibility index (Phi) is 2.37. The fourth-order valence-corrected chi connectivity index (χ4v) is 1.90. The zero-order valence-corrected chi connectivity index (χ0v) is 8.88. The first-order valence-electron chi connectivity index (χ1n) is 4.48. The van der Waals surface area contributed by atoms with E-state index in [0.717, 1.165) is 0 Å². The van der Waals surface area contributed by atoms with Crippen LogP contribution in [-0.2, 0) is 17.4 Å². The van der Waals surface area contributed by atoms with Gasteiger partial charge in [-0.3, -0.25) is 0 Å². The zero-order chi connectivity index (χ0) is 8.67. The number of hydrogen-bond donors (Lipinski definition) is 0. The van der Waals surface area contributed by atoms with E-state index < -0.39 is 0 Å². The van der Waals surface area contributed by atoms with E-state index in [4.69, 9.17) is 0 Å². The molecule has 0 aliphatic carbocycles. The molecule has 0 saturated carbocycles. The monoisotopic (exact) mass is 217 g/mol. The summed E-state index contributed by atoms with van der Waals surface area (Å²) >= 11 is 0. The Morgan fingerprint density at radius 2 is 1.07 bits per heavy atom. The van der Waals surface area contributed by atoms with Crippen molar-refractivity contribution in [3.05, 3.63) is 54.6 Å². The predicted octanol–water partition coefficient (Wildman–Crippen LogP) is 3.71. The molecule has 0 amide bonds. The summed E-state index contributed by atoms with van der Waals surface area (Å²) in [4.78, 5) is 0. The number of benzene rings is 2. The van der Waals surface area contributed by atoms with Gasteiger partial charge in [-0.2, -0.15) is 0 Å². The van der Waals surface area contributed by atoms with Crippen LogP contribution in [-0.4, -0.2) is 0 Å². The Balaban J connectivity index is 0.000000750. The third kappa shape index (κ3) is 1.26. The van der Waals surface area contributed by atoms with E-state index in [1.165, 1.54) is 21.5 Å². The maximum atomic E-state index is 2.24. The second kappa shape index (κ2) is 3.54. The molecular weight excluding hydrogens is 208 g/mol. The summed E-state index contributed by atoms with van der Waals surface area (Å²) in [5.41, 5.74) is 0. The quantitative estimate of drug-likeness (QED) is 0.503. The molecule has 0 nitrogen and oxygen atoms in total. The van der Waals surface area contributed by atoms with E-state index in [-0.39, 0.29) is 17.4 Å². The fourth-order valence-electron chi connectivity index (χ4n) is 1.90. The Morgan fingerprint density at radius 1 is 0.643 bits per heavy atom. The van der Waals surface area contributed by atoms with E-state index >= 15 is 0 Å². The molecule has 0 aliphatic rings. The second-order valence-electron chi connectivity index (χ2n) is 3.32. The number of hydrogen-bond acceptors (Lipinski definition) is 0. The van der Waals surface area contributed by atoms with Crippen LogP contribution in [0, 0.1) is 0 Å². The van der Waals surface area contributed by atoms with Crippen LogP contribution in [0.3, 0.4) is 0 Å². The first-order valence-corrected chi connectivity index (χ1v) is 4.48. The average molecular weight is 217 g/mol. The Hall–Kier alpha value is -1.16. The van der Waals surface area contributed by atoms with Gasteiger partial charge in [0, 0.05) is 17.4 Å². The molecule has 3 aromatic rings. The van der Waals surface area contributed by atoms with E-state index in [2.05, 4.69) is 54.6 Å². The fraction of sp³-hybridized carbons (Fsp3) is 0. The van der Waals surface area contributed by atoms with E-state index in [0.29, 0.717) is 0 Å². The summed E-state index contributed by atoms with van der Waals surface area (Å²) in [5, 5.41) is 5.39. The van der Waals surface area contributed by atoms with E-state index in [1.54, 1.807) is 0 Å². The van der Waals surface area contributed by atoms with Crippen LogP contribution in [0.1, 0.15) is 0 Å². The van der Waals surface area contributed by atoms with Crippen molar-refractivity contribution in [1.82, 2.24) is 0 Å². The molecule has 0 bridgehead atoms. The molecule has 0 N–H and O–H groups in total. The van der Waals surface area contributed by atoms with Gasteiger partial charge >= 0.3 is 0 Å². The van der Waals surface area contributed by atoms with Crippen molar-refractivity contribution in [3.63, 3.8) is 0 Å². The van der Waals surface area contributed by atoms with Crippen LogP contribution in [0.15, 0.2) is 54.6 Å². The van der Waals surface area contributed by atoms with Crippen molar-refractivity contribution in [3.8, 4) is 0 Å². The van der Waals surface area contributed by atoms with Crippen LogP contribution >= 0.6 is 0 Å². The van der Waals surface area contributed by atoms with Crippen molar-refractivity contribution >= 4 is 21.5 Å². The Bertz CT molecular complexity index is 513. The van der Waals surface area contributed by atoms with Crippen molar-refractivity contribution in [2.24, 2.45) is 0 Å². The van der Waals surface area contributed by atoms with Crippen molar-refractivity contribution in [1.29, 1.82) is 0 Å². The van der Waals surface area contributed by atoms with Gasteiger partial charge < -0.3 is 0 Å². The van der Waals surface area contributed by atoms with Crippen LogP contribution < -0.4 is 0 Å². The molecule has 0 unspecified atom stereocenters. The third-order valence-electron chi connectivity index (χ3n) is 2.52. The van der Waals surface area contributed by atoms with Crippen molar-refractivity contribution < 1.29 is 17.4 Å². The summed E-state index contributed by atoms with van der Waals surface area (Å²) in [6, 6.07) is 19.3. The van der Waals surface area contributed by atoms with Gasteiger partial charge in [0.2, 0.25) is 0 Å². The van der Waals surface area contributed by atoms with Crippen molar-refractivity contribution in [2.45, 2.75) is 0 Å². The predicted molar refractivity (Wildman–Crippen MR) is 57.0 cm³/mol. The molecule has 0 aromatic heterocycles. The van der Waals surface area contributed by atoms with Gasteiger partial charge in [0.25, 0.3) is 0 Å². The molecule has 68 valence electrons. The third-order valence-corrected chi connectivity index (χ3v) is 2.52. The molecule has 3 aromatic carbocycles. The van der Waals surface area contributed by atoms with Crippen LogP contribution in [0.2, 0.25) is 0 Å². The maximum absolute atomic E-state index is 2.24. The van der Waals surface area contributed by atoms with Crippen LogP contribution in [0.5, 0.6) is 0 Å². The normalized spacial score (nSPS) is 10.3. The topological polar surface area (TPSA) is 0 Å². The van der Waals surface area contributed by atoms with Gasteiger partial charge in [0.15, 0.2) is 0 Å². The molecule has 0 atom stereocenters. The molecule has 0 spiro atoms. The van der Waals surface area contributed by atoms with Gasteiger partial charge in [-0.05, 0) is 0 Å². The summed E-state index contributed by atoms with van der Waals surface area (Å²) < 4.78 is 0. The summed E-state index contributed by atoms with van der Waals surface area (Å²) in [5.74, 6) is 0. The molecule has 0 heterocycles. The van der Waals surface area contributed by atoms with Crippen LogP contribution in [0.4, 0.5) is 0 Å².